The van der Waals surface area contributed by atoms with Crippen molar-refractivity contribution in [3.8, 4) is 0 Å². The predicted molar refractivity (Wildman–Crippen MR) is 101 cm³/mol. The first kappa shape index (κ1) is 15.3. The lowest BCUT2D eigenvalue weighted by Crippen LogP contribution is -2.00. The van der Waals surface area contributed by atoms with Crippen molar-refractivity contribution in [2.24, 2.45) is 12.1 Å². The number of hydrogen-bond donors (Lipinski definition) is 1. The molecule has 0 atom stereocenters. The summed E-state index contributed by atoms with van der Waals surface area (Å²) in [6, 6.07) is 16.3. The van der Waals surface area contributed by atoms with Crippen LogP contribution in [0.3, 0.4) is 0 Å². The lowest BCUT2D eigenvalue weighted by atomic mass is 10.1. The maximum absolute atomic E-state index is 4.54. The second kappa shape index (κ2) is 6.32. The summed E-state index contributed by atoms with van der Waals surface area (Å²) in [5.74, 6) is 0.375. The molecule has 0 fully saturated rings. The fourth-order valence-electron chi connectivity index (χ4n) is 2.86. The van der Waals surface area contributed by atoms with Crippen LogP contribution in [0.15, 0.2) is 53.6 Å². The van der Waals surface area contributed by atoms with Gasteiger partial charge in [0.15, 0.2) is 5.65 Å². The maximum atomic E-state index is 4.54. The Labute approximate surface area is 145 Å². The van der Waals surface area contributed by atoms with E-state index in [0.717, 1.165) is 34.1 Å². The van der Waals surface area contributed by atoms with Gasteiger partial charge in [-0.1, -0.05) is 49.4 Å². The van der Waals surface area contributed by atoms with Crippen LogP contribution in [0.4, 0.5) is 5.95 Å². The van der Waals surface area contributed by atoms with Gasteiger partial charge in [0, 0.05) is 12.4 Å². The van der Waals surface area contributed by atoms with Crippen molar-refractivity contribution in [1.29, 1.82) is 0 Å². The standard InChI is InChI=1S/C19H18N6/c1-3-13-8-10-14(11-9-13)12-20-23-19-21-18-17(22-24-19)15-6-4-5-7-16(15)25(18)2/h4-12H,3H2,1-2H3,(H,21,23,24)/b20-12+. The van der Waals surface area contributed by atoms with Crippen molar-refractivity contribution in [2.75, 3.05) is 5.43 Å². The molecule has 0 amide bonds. The Bertz CT molecular complexity index is 1060. The number of hydrogen-bond acceptors (Lipinski definition) is 5. The first-order chi connectivity index (χ1) is 12.3. The van der Waals surface area contributed by atoms with Crippen molar-refractivity contribution in [2.45, 2.75) is 13.3 Å². The van der Waals surface area contributed by atoms with Crippen molar-refractivity contribution in [1.82, 2.24) is 19.7 Å². The molecule has 0 radical (unpaired) electrons. The van der Waals surface area contributed by atoms with Crippen LogP contribution in [0.25, 0.3) is 22.1 Å². The summed E-state index contributed by atoms with van der Waals surface area (Å²) in [6.07, 6.45) is 2.77. The summed E-state index contributed by atoms with van der Waals surface area (Å²) < 4.78 is 2.01. The largest absolute Gasteiger partial charge is 0.327 e. The van der Waals surface area contributed by atoms with E-state index in [4.69, 9.17) is 0 Å². The maximum Gasteiger partial charge on any atom is 0.265 e. The molecule has 0 saturated heterocycles. The van der Waals surface area contributed by atoms with Crippen LogP contribution < -0.4 is 5.43 Å². The Morgan fingerprint density at radius 1 is 1.08 bits per heavy atom. The SMILES string of the molecule is CCc1ccc(/C=N/Nc2nnc3c4ccccc4n(C)c3n2)cc1. The number of aromatic nitrogens is 4. The molecule has 0 saturated carbocycles. The van der Waals surface area contributed by atoms with Gasteiger partial charge in [0.2, 0.25) is 0 Å². The fraction of sp³-hybridized carbons (Fsp3) is 0.158. The Balaban J connectivity index is 1.60. The van der Waals surface area contributed by atoms with Crippen LogP contribution in [0.5, 0.6) is 0 Å². The van der Waals surface area contributed by atoms with E-state index < -0.39 is 0 Å². The topological polar surface area (TPSA) is 68.0 Å². The number of nitrogens with one attached hydrogen (secondary N) is 1. The molecule has 0 spiro atoms. The molecule has 2 heterocycles. The minimum atomic E-state index is 0.375. The van der Waals surface area contributed by atoms with Gasteiger partial charge in [-0.25, -0.2) is 5.43 Å². The molecule has 6 nitrogen and oxygen atoms in total. The zero-order valence-corrected chi connectivity index (χ0v) is 14.1. The highest BCUT2D eigenvalue weighted by Crippen LogP contribution is 2.24. The molecule has 2 aromatic heterocycles. The monoisotopic (exact) mass is 330 g/mol. The first-order valence-electron chi connectivity index (χ1n) is 8.22. The third-order valence-electron chi connectivity index (χ3n) is 4.27. The Hall–Kier alpha value is -3.28. The molecule has 2 aromatic carbocycles. The molecular formula is C19H18N6. The van der Waals surface area contributed by atoms with Gasteiger partial charge in [-0.05, 0) is 23.6 Å². The quantitative estimate of drug-likeness (QED) is 0.459. The van der Waals surface area contributed by atoms with Crippen LogP contribution in [0, 0.1) is 0 Å². The summed E-state index contributed by atoms with van der Waals surface area (Å²) in [7, 11) is 1.97. The van der Waals surface area contributed by atoms with Crippen molar-refractivity contribution >= 4 is 34.2 Å². The van der Waals surface area contributed by atoms with Crippen LogP contribution in [-0.4, -0.2) is 26.0 Å². The zero-order valence-electron chi connectivity index (χ0n) is 14.1. The number of rotatable bonds is 4. The van der Waals surface area contributed by atoms with E-state index in [0.29, 0.717) is 5.95 Å². The first-order valence-corrected chi connectivity index (χ1v) is 8.22. The number of para-hydroxylation sites is 1. The summed E-state index contributed by atoms with van der Waals surface area (Å²) >= 11 is 0. The number of anilines is 1. The normalized spacial score (nSPS) is 11.6. The van der Waals surface area contributed by atoms with E-state index in [1.165, 1.54) is 5.56 Å². The van der Waals surface area contributed by atoms with Gasteiger partial charge in [0.05, 0.1) is 11.7 Å². The molecule has 1 N–H and O–H groups in total. The predicted octanol–water partition coefficient (Wildman–Crippen LogP) is 3.52. The molecule has 0 bridgehead atoms. The minimum absolute atomic E-state index is 0.375. The minimum Gasteiger partial charge on any atom is -0.327 e. The van der Waals surface area contributed by atoms with E-state index in [9.17, 15) is 0 Å². The molecule has 0 aliphatic rings. The summed E-state index contributed by atoms with van der Waals surface area (Å²) in [4.78, 5) is 4.54. The van der Waals surface area contributed by atoms with Crippen LogP contribution >= 0.6 is 0 Å². The van der Waals surface area contributed by atoms with Crippen molar-refractivity contribution < 1.29 is 0 Å². The highest BCUT2D eigenvalue weighted by atomic mass is 15.4. The molecule has 0 aliphatic carbocycles. The molecule has 6 heteroatoms. The number of hydrazone groups is 1. The number of fused-ring (bicyclic) bond motifs is 3. The van der Waals surface area contributed by atoms with E-state index in [1.807, 2.05) is 48.0 Å². The van der Waals surface area contributed by atoms with Gasteiger partial charge in [-0.15, -0.1) is 10.2 Å². The van der Waals surface area contributed by atoms with Gasteiger partial charge in [-0.2, -0.15) is 10.1 Å². The Morgan fingerprint density at radius 3 is 2.68 bits per heavy atom. The van der Waals surface area contributed by atoms with Crippen LogP contribution in [0.1, 0.15) is 18.1 Å². The van der Waals surface area contributed by atoms with Gasteiger partial charge < -0.3 is 4.57 Å². The fourth-order valence-corrected chi connectivity index (χ4v) is 2.86. The van der Waals surface area contributed by atoms with Gasteiger partial charge in [0.1, 0.15) is 5.52 Å². The highest BCUT2D eigenvalue weighted by Gasteiger charge is 2.11. The molecule has 0 unspecified atom stereocenters. The molecule has 124 valence electrons. The second-order valence-electron chi connectivity index (χ2n) is 5.85. The molecule has 4 rings (SSSR count). The van der Waals surface area contributed by atoms with E-state index in [-0.39, 0.29) is 0 Å². The third kappa shape index (κ3) is 2.82. The third-order valence-corrected chi connectivity index (χ3v) is 4.27. The van der Waals surface area contributed by atoms with E-state index in [2.05, 4.69) is 44.8 Å². The van der Waals surface area contributed by atoms with Crippen LogP contribution in [-0.2, 0) is 13.5 Å². The lowest BCUT2D eigenvalue weighted by Gasteiger charge is -2.00. The Kier molecular flexibility index (Phi) is 3.85. The summed E-state index contributed by atoms with van der Waals surface area (Å²) in [5, 5.41) is 13.7. The summed E-state index contributed by atoms with van der Waals surface area (Å²) in [5.41, 5.74) is 7.83. The van der Waals surface area contributed by atoms with Crippen molar-refractivity contribution in [3.05, 3.63) is 59.7 Å². The van der Waals surface area contributed by atoms with E-state index in [1.54, 1.807) is 6.21 Å². The molecule has 0 aliphatic heterocycles. The zero-order chi connectivity index (χ0) is 17.2. The van der Waals surface area contributed by atoms with Gasteiger partial charge >= 0.3 is 0 Å². The average molecular weight is 330 g/mol. The average Bonchev–Trinajstić information content (AvgIpc) is 2.95. The molecule has 25 heavy (non-hydrogen) atoms. The summed E-state index contributed by atoms with van der Waals surface area (Å²) in [6.45, 7) is 2.14. The number of benzene rings is 2. The number of nitrogens with zero attached hydrogens (tertiary/aromatic N) is 5. The van der Waals surface area contributed by atoms with Gasteiger partial charge in [0.25, 0.3) is 5.95 Å². The van der Waals surface area contributed by atoms with E-state index >= 15 is 0 Å². The number of aryl methyl sites for hydroxylation is 2. The Morgan fingerprint density at radius 2 is 1.88 bits per heavy atom. The molecule has 4 aromatic rings. The van der Waals surface area contributed by atoms with Crippen LogP contribution in [0.2, 0.25) is 0 Å². The smallest absolute Gasteiger partial charge is 0.265 e. The second-order valence-corrected chi connectivity index (χ2v) is 5.85. The highest BCUT2D eigenvalue weighted by molar-refractivity contribution is 6.04. The molecular weight excluding hydrogens is 312 g/mol. The van der Waals surface area contributed by atoms with Crippen molar-refractivity contribution in [3.63, 3.8) is 0 Å². The lowest BCUT2D eigenvalue weighted by molar-refractivity contribution is 0.949. The van der Waals surface area contributed by atoms with Gasteiger partial charge in [-0.3, -0.25) is 0 Å².